The van der Waals surface area contributed by atoms with E-state index < -0.39 is 35.6 Å². The van der Waals surface area contributed by atoms with Crippen LogP contribution in [-0.4, -0.2) is 66.6 Å². The smallest absolute Gasteiger partial charge is 0.191 e. The second-order valence-electron chi connectivity index (χ2n) is 13.0. The molecule has 37 heavy (non-hydrogen) atoms. The number of rotatable bonds is 10. The number of ether oxygens (including phenoxy) is 4. The number of sulfone groups is 1. The van der Waals surface area contributed by atoms with Gasteiger partial charge in [-0.15, -0.1) is 0 Å². The van der Waals surface area contributed by atoms with Crippen molar-refractivity contribution < 1.29 is 31.8 Å². The number of hydrogen-bond donors (Lipinski definition) is 0. The fourth-order valence-electron chi connectivity index (χ4n) is 5.77. The van der Waals surface area contributed by atoms with Crippen molar-refractivity contribution in [3.63, 3.8) is 0 Å². The van der Waals surface area contributed by atoms with Gasteiger partial charge in [-0.3, -0.25) is 0 Å². The predicted octanol–water partition coefficient (Wildman–Crippen LogP) is 5.65. The van der Waals surface area contributed by atoms with E-state index in [9.17, 15) is 8.42 Å². The summed E-state index contributed by atoms with van der Waals surface area (Å²) in [5, 5.41) is 0.0516. The first-order valence-electron chi connectivity index (χ1n) is 13.4. The summed E-state index contributed by atoms with van der Waals surface area (Å²) in [5.41, 5.74) is -0.741. The Morgan fingerprint density at radius 2 is 1.78 bits per heavy atom. The zero-order valence-electron chi connectivity index (χ0n) is 24.4. The molecule has 1 spiro atoms. The average molecular weight is 557 g/mol. The molecule has 0 bridgehead atoms. The van der Waals surface area contributed by atoms with E-state index in [0.717, 1.165) is 0 Å². The van der Waals surface area contributed by atoms with E-state index >= 15 is 0 Å². The lowest BCUT2D eigenvalue weighted by Gasteiger charge is -2.42. The van der Waals surface area contributed by atoms with E-state index in [0.29, 0.717) is 17.9 Å². The van der Waals surface area contributed by atoms with E-state index in [1.54, 1.807) is 31.4 Å². The van der Waals surface area contributed by atoms with E-state index in [-0.39, 0.29) is 41.4 Å². The van der Waals surface area contributed by atoms with Crippen LogP contribution in [0.5, 0.6) is 0 Å². The maximum absolute atomic E-state index is 13.3. The monoisotopic (exact) mass is 556 g/mol. The summed E-state index contributed by atoms with van der Waals surface area (Å²) >= 11 is 0. The largest absolute Gasteiger partial charge is 0.416 e. The second-order valence-corrected chi connectivity index (χ2v) is 19.8. The third-order valence-electron chi connectivity index (χ3n) is 8.46. The summed E-state index contributed by atoms with van der Waals surface area (Å²) in [7, 11) is -3.96. The molecule has 0 unspecified atom stereocenters. The quantitative estimate of drug-likeness (QED) is 0.272. The van der Waals surface area contributed by atoms with Gasteiger partial charge in [-0.1, -0.05) is 52.8 Å². The van der Waals surface area contributed by atoms with Crippen LogP contribution in [0.2, 0.25) is 18.1 Å². The van der Waals surface area contributed by atoms with Crippen molar-refractivity contribution in [2.75, 3.05) is 26.3 Å². The highest BCUT2D eigenvalue weighted by Crippen LogP contribution is 2.55. The van der Waals surface area contributed by atoms with Gasteiger partial charge in [0.1, 0.15) is 12.4 Å². The van der Waals surface area contributed by atoms with Crippen molar-refractivity contribution in [1.82, 2.24) is 0 Å². The molecule has 2 aliphatic rings. The highest BCUT2D eigenvalue weighted by molar-refractivity contribution is 7.91. The number of benzene rings is 1. The van der Waals surface area contributed by atoms with Crippen molar-refractivity contribution in [1.29, 1.82) is 0 Å². The van der Waals surface area contributed by atoms with Gasteiger partial charge in [0, 0.05) is 19.6 Å². The van der Waals surface area contributed by atoms with Crippen molar-refractivity contribution in [2.45, 2.75) is 102 Å². The molecule has 7 nitrogen and oxygen atoms in total. The summed E-state index contributed by atoms with van der Waals surface area (Å²) in [6.45, 7) is 19.7. The van der Waals surface area contributed by atoms with Gasteiger partial charge in [0.15, 0.2) is 23.9 Å². The highest BCUT2D eigenvalue weighted by Gasteiger charge is 2.66. The molecule has 1 saturated heterocycles. The van der Waals surface area contributed by atoms with E-state index in [2.05, 4.69) is 40.8 Å². The van der Waals surface area contributed by atoms with Gasteiger partial charge in [-0.2, -0.15) is 0 Å². The van der Waals surface area contributed by atoms with Crippen LogP contribution >= 0.6 is 0 Å². The second kappa shape index (κ2) is 11.0. The molecule has 1 aliphatic carbocycles. The molecule has 1 aliphatic heterocycles. The normalized spacial score (nSPS) is 31.2. The minimum atomic E-state index is -3.51. The SMILES string of the molecule is COCO[C@H]1[C@@H](C)C[C@@]2(OC(C)(C)O[C@@H]2[C@H](C)CS(=O)(=O)c2ccccc2)[C@H]1CO[Si](C)(C)C(C)(C)C. The lowest BCUT2D eigenvalue weighted by atomic mass is 9.80. The molecule has 0 radical (unpaired) electrons. The van der Waals surface area contributed by atoms with Gasteiger partial charge < -0.3 is 23.4 Å². The topological polar surface area (TPSA) is 80.3 Å². The maximum atomic E-state index is 13.3. The summed E-state index contributed by atoms with van der Waals surface area (Å²) < 4.78 is 58.3. The van der Waals surface area contributed by atoms with Crippen LogP contribution in [0.25, 0.3) is 0 Å². The van der Waals surface area contributed by atoms with Gasteiger partial charge in [0.2, 0.25) is 0 Å². The third kappa shape index (κ3) is 6.50. The molecule has 6 atom stereocenters. The van der Waals surface area contributed by atoms with Gasteiger partial charge in [0.05, 0.1) is 22.9 Å². The van der Waals surface area contributed by atoms with Gasteiger partial charge >= 0.3 is 0 Å². The van der Waals surface area contributed by atoms with Gasteiger partial charge in [-0.25, -0.2) is 8.42 Å². The molecular formula is C28H48O7SSi. The van der Waals surface area contributed by atoms with Gasteiger partial charge in [-0.05, 0) is 62.4 Å². The molecule has 0 amide bonds. The molecule has 0 N–H and O–H groups in total. The van der Waals surface area contributed by atoms with Crippen LogP contribution in [0.3, 0.4) is 0 Å². The van der Waals surface area contributed by atoms with E-state index in [4.69, 9.17) is 23.4 Å². The Kier molecular flexibility index (Phi) is 9.12. The molecule has 1 aromatic carbocycles. The molecule has 212 valence electrons. The molecule has 0 aromatic heterocycles. The highest BCUT2D eigenvalue weighted by atomic mass is 32.2. The Hall–Kier alpha value is -0.813. The molecule has 3 rings (SSSR count). The first kappa shape index (κ1) is 30.7. The molecule has 1 saturated carbocycles. The van der Waals surface area contributed by atoms with Crippen LogP contribution in [0.15, 0.2) is 35.2 Å². The Morgan fingerprint density at radius 1 is 1.16 bits per heavy atom. The Balaban J connectivity index is 1.98. The van der Waals surface area contributed by atoms with Crippen LogP contribution in [0.4, 0.5) is 0 Å². The molecule has 1 aromatic rings. The van der Waals surface area contributed by atoms with Crippen LogP contribution in [-0.2, 0) is 33.2 Å². The molecule has 2 fully saturated rings. The zero-order chi connectivity index (χ0) is 27.9. The number of hydrogen-bond acceptors (Lipinski definition) is 7. The van der Waals surface area contributed by atoms with Crippen LogP contribution < -0.4 is 0 Å². The molecule has 9 heteroatoms. The van der Waals surface area contributed by atoms with Crippen LogP contribution in [0, 0.1) is 17.8 Å². The Bertz CT molecular complexity index is 1010. The zero-order valence-corrected chi connectivity index (χ0v) is 26.2. The van der Waals surface area contributed by atoms with Crippen molar-refractivity contribution in [3.8, 4) is 0 Å². The number of methoxy groups -OCH3 is 1. The summed E-state index contributed by atoms with van der Waals surface area (Å²) in [6.07, 6.45) is 0.0896. The van der Waals surface area contributed by atoms with Gasteiger partial charge in [0.25, 0.3) is 0 Å². The third-order valence-corrected chi connectivity index (χ3v) is 14.9. The lowest BCUT2D eigenvalue weighted by molar-refractivity contribution is -0.180. The van der Waals surface area contributed by atoms with Crippen LogP contribution in [0.1, 0.15) is 54.9 Å². The summed E-state index contributed by atoms with van der Waals surface area (Å²) in [4.78, 5) is 0.327. The molecular weight excluding hydrogens is 508 g/mol. The maximum Gasteiger partial charge on any atom is 0.191 e. The van der Waals surface area contributed by atoms with Crippen molar-refractivity contribution in [2.24, 2.45) is 17.8 Å². The Labute approximate surface area is 225 Å². The first-order chi connectivity index (χ1) is 17.0. The average Bonchev–Trinajstić information content (AvgIpc) is 3.20. The standard InChI is InChI=1S/C28H48O7SSi/c1-20-16-28(23(24(20)32-19-31-8)17-33-37(9,10)26(3,4)5)25(34-27(6,7)35-28)21(2)18-36(29,30)22-14-12-11-13-15-22/h11-15,20-21,23-25H,16-19H2,1-10H3/t20-,21+,23-,24-,25+,28+/m0/s1. The fraction of sp³-hybridized carbons (Fsp3) is 0.786. The fourth-order valence-corrected chi connectivity index (χ4v) is 8.43. The van der Waals surface area contributed by atoms with Crippen molar-refractivity contribution in [3.05, 3.63) is 30.3 Å². The summed E-state index contributed by atoms with van der Waals surface area (Å²) in [5.74, 6) is -1.19. The first-order valence-corrected chi connectivity index (χ1v) is 17.9. The summed E-state index contributed by atoms with van der Waals surface area (Å²) in [6, 6.07) is 8.62. The van der Waals surface area contributed by atoms with E-state index in [1.165, 1.54) is 0 Å². The van der Waals surface area contributed by atoms with E-state index in [1.807, 2.05) is 26.8 Å². The van der Waals surface area contributed by atoms with Crippen molar-refractivity contribution >= 4 is 18.2 Å². The lowest BCUT2D eigenvalue weighted by Crippen LogP contribution is -2.53. The minimum absolute atomic E-state index is 0.0311. The Morgan fingerprint density at radius 3 is 2.35 bits per heavy atom. The molecule has 1 heterocycles. The minimum Gasteiger partial charge on any atom is -0.416 e. The predicted molar refractivity (Wildman–Crippen MR) is 148 cm³/mol.